The van der Waals surface area contributed by atoms with E-state index in [1.54, 1.807) is 29.2 Å². The summed E-state index contributed by atoms with van der Waals surface area (Å²) in [7, 11) is 0. The number of nitrogens with one attached hydrogen (secondary N) is 1. The molecule has 0 radical (unpaired) electrons. The number of aryl methyl sites for hydroxylation is 1. The van der Waals surface area contributed by atoms with Crippen LogP contribution in [0.2, 0.25) is 0 Å². The zero-order valence-electron chi connectivity index (χ0n) is 12.8. The molecule has 0 unspecified atom stereocenters. The maximum atomic E-state index is 12.5. The van der Waals surface area contributed by atoms with Gasteiger partial charge in [-0.2, -0.15) is 5.10 Å². The minimum absolute atomic E-state index is 0.359. The third kappa shape index (κ3) is 2.81. The summed E-state index contributed by atoms with van der Waals surface area (Å²) in [5.74, 6) is -1.32. The second-order valence-electron chi connectivity index (χ2n) is 5.89. The molecule has 23 heavy (non-hydrogen) atoms. The number of amides is 1. The van der Waals surface area contributed by atoms with E-state index in [4.69, 9.17) is 0 Å². The molecule has 1 aliphatic carbocycles. The Balaban J connectivity index is 1.83. The standard InChI is InChI=1S/C16H18N4O3/c1-11-8-12(4-5-13(11)20-10-17-9-18-20)14(21)19-16(15(22)23)6-2-3-7-16/h4-5,8-10H,2-3,6-7H2,1H3,(H,19,21)(H,22,23). The first-order valence-corrected chi connectivity index (χ1v) is 7.53. The Morgan fingerprint density at radius 2 is 2.04 bits per heavy atom. The van der Waals surface area contributed by atoms with Crippen LogP contribution in [0.25, 0.3) is 5.69 Å². The van der Waals surface area contributed by atoms with E-state index in [-0.39, 0.29) is 5.91 Å². The van der Waals surface area contributed by atoms with Crippen molar-refractivity contribution in [3.05, 3.63) is 42.0 Å². The Bertz CT molecular complexity index is 734. The van der Waals surface area contributed by atoms with E-state index in [0.29, 0.717) is 18.4 Å². The number of aromatic nitrogens is 3. The Labute approximate surface area is 133 Å². The molecule has 3 rings (SSSR count). The van der Waals surface area contributed by atoms with Crippen LogP contribution in [0.3, 0.4) is 0 Å². The van der Waals surface area contributed by atoms with Crippen LogP contribution in [0.5, 0.6) is 0 Å². The van der Waals surface area contributed by atoms with Gasteiger partial charge in [0.25, 0.3) is 5.91 Å². The summed E-state index contributed by atoms with van der Waals surface area (Å²) in [4.78, 5) is 27.9. The van der Waals surface area contributed by atoms with Crippen molar-refractivity contribution in [1.82, 2.24) is 20.1 Å². The zero-order valence-corrected chi connectivity index (χ0v) is 12.8. The highest BCUT2D eigenvalue weighted by atomic mass is 16.4. The highest BCUT2D eigenvalue weighted by molar-refractivity contribution is 5.98. The van der Waals surface area contributed by atoms with E-state index in [9.17, 15) is 14.7 Å². The molecule has 1 aromatic heterocycles. The lowest BCUT2D eigenvalue weighted by molar-refractivity contribution is -0.144. The Hall–Kier alpha value is -2.70. The van der Waals surface area contributed by atoms with Crippen molar-refractivity contribution in [1.29, 1.82) is 0 Å². The number of carboxylic acid groups (broad SMARTS) is 1. The fourth-order valence-corrected chi connectivity index (χ4v) is 3.05. The van der Waals surface area contributed by atoms with Gasteiger partial charge in [0, 0.05) is 5.56 Å². The largest absolute Gasteiger partial charge is 0.480 e. The Morgan fingerprint density at radius 3 is 2.61 bits per heavy atom. The number of aliphatic carboxylic acids is 1. The van der Waals surface area contributed by atoms with Gasteiger partial charge in [0.15, 0.2) is 0 Å². The lowest BCUT2D eigenvalue weighted by Crippen LogP contribution is -2.52. The van der Waals surface area contributed by atoms with E-state index >= 15 is 0 Å². The Kier molecular flexibility index (Phi) is 3.85. The van der Waals surface area contributed by atoms with Gasteiger partial charge in [0.1, 0.15) is 18.2 Å². The van der Waals surface area contributed by atoms with Crippen molar-refractivity contribution in [2.75, 3.05) is 0 Å². The van der Waals surface area contributed by atoms with Gasteiger partial charge in [-0.05, 0) is 43.5 Å². The summed E-state index contributed by atoms with van der Waals surface area (Å²) in [6.07, 6.45) is 5.61. The van der Waals surface area contributed by atoms with Crippen LogP contribution in [-0.2, 0) is 4.79 Å². The summed E-state index contributed by atoms with van der Waals surface area (Å²) in [6.45, 7) is 1.87. The molecule has 1 amide bonds. The number of carbonyl (C=O) groups is 2. The molecular weight excluding hydrogens is 296 g/mol. The van der Waals surface area contributed by atoms with Crippen molar-refractivity contribution in [2.45, 2.75) is 38.1 Å². The summed E-state index contributed by atoms with van der Waals surface area (Å²) in [6, 6.07) is 5.18. The summed E-state index contributed by atoms with van der Waals surface area (Å²) in [5.41, 5.74) is 1.00. The van der Waals surface area contributed by atoms with E-state index in [0.717, 1.165) is 24.1 Å². The number of nitrogens with zero attached hydrogens (tertiary/aromatic N) is 3. The predicted octanol–water partition coefficient (Wildman–Crippen LogP) is 1.70. The van der Waals surface area contributed by atoms with E-state index < -0.39 is 11.5 Å². The molecule has 1 heterocycles. The van der Waals surface area contributed by atoms with Crippen molar-refractivity contribution >= 4 is 11.9 Å². The predicted molar refractivity (Wildman–Crippen MR) is 82.4 cm³/mol. The topological polar surface area (TPSA) is 97.1 Å². The molecule has 7 heteroatoms. The van der Waals surface area contributed by atoms with Crippen molar-refractivity contribution in [3.8, 4) is 5.69 Å². The van der Waals surface area contributed by atoms with E-state index in [2.05, 4.69) is 15.4 Å². The van der Waals surface area contributed by atoms with Crippen LogP contribution in [0.1, 0.15) is 41.6 Å². The first-order chi connectivity index (χ1) is 11.0. The van der Waals surface area contributed by atoms with E-state index in [1.807, 2.05) is 6.92 Å². The molecule has 0 saturated heterocycles. The smallest absolute Gasteiger partial charge is 0.329 e. The molecule has 1 aliphatic rings. The third-order valence-electron chi connectivity index (χ3n) is 4.34. The van der Waals surface area contributed by atoms with Crippen LogP contribution in [-0.4, -0.2) is 37.3 Å². The number of hydrogen-bond acceptors (Lipinski definition) is 4. The number of carbonyl (C=O) groups excluding carboxylic acids is 1. The SMILES string of the molecule is Cc1cc(C(=O)NC2(C(=O)O)CCCC2)ccc1-n1cncn1. The van der Waals surface area contributed by atoms with Crippen molar-refractivity contribution in [2.24, 2.45) is 0 Å². The minimum atomic E-state index is -1.13. The van der Waals surface area contributed by atoms with Gasteiger partial charge < -0.3 is 10.4 Å². The van der Waals surface area contributed by atoms with Crippen LogP contribution < -0.4 is 5.32 Å². The number of carboxylic acids is 1. The zero-order chi connectivity index (χ0) is 16.4. The molecule has 2 N–H and O–H groups in total. The van der Waals surface area contributed by atoms with Crippen molar-refractivity contribution in [3.63, 3.8) is 0 Å². The van der Waals surface area contributed by atoms with Crippen LogP contribution in [0.15, 0.2) is 30.9 Å². The van der Waals surface area contributed by atoms with Crippen LogP contribution in [0, 0.1) is 6.92 Å². The molecular formula is C16H18N4O3. The highest BCUT2D eigenvalue weighted by Crippen LogP contribution is 2.30. The number of hydrogen-bond donors (Lipinski definition) is 2. The molecule has 0 atom stereocenters. The van der Waals surface area contributed by atoms with Gasteiger partial charge >= 0.3 is 5.97 Å². The van der Waals surface area contributed by atoms with Crippen LogP contribution >= 0.6 is 0 Å². The molecule has 0 spiro atoms. The maximum absolute atomic E-state index is 12.5. The van der Waals surface area contributed by atoms with E-state index in [1.165, 1.54) is 6.33 Å². The molecule has 0 bridgehead atoms. The Morgan fingerprint density at radius 1 is 1.30 bits per heavy atom. The highest BCUT2D eigenvalue weighted by Gasteiger charge is 2.42. The minimum Gasteiger partial charge on any atom is -0.480 e. The van der Waals surface area contributed by atoms with Crippen LogP contribution in [0.4, 0.5) is 0 Å². The van der Waals surface area contributed by atoms with Gasteiger partial charge in [-0.25, -0.2) is 14.5 Å². The van der Waals surface area contributed by atoms with Gasteiger partial charge in [0.05, 0.1) is 5.69 Å². The average Bonchev–Trinajstić information content (AvgIpc) is 3.19. The summed E-state index contributed by atoms with van der Waals surface area (Å²) < 4.78 is 1.62. The van der Waals surface area contributed by atoms with Gasteiger partial charge in [0.2, 0.25) is 0 Å². The summed E-state index contributed by atoms with van der Waals surface area (Å²) >= 11 is 0. The molecule has 1 aromatic carbocycles. The lowest BCUT2D eigenvalue weighted by atomic mass is 9.97. The maximum Gasteiger partial charge on any atom is 0.329 e. The molecule has 0 aliphatic heterocycles. The normalized spacial score (nSPS) is 16.2. The van der Waals surface area contributed by atoms with Gasteiger partial charge in [-0.1, -0.05) is 12.8 Å². The second kappa shape index (κ2) is 5.83. The fourth-order valence-electron chi connectivity index (χ4n) is 3.05. The quantitative estimate of drug-likeness (QED) is 0.895. The molecule has 7 nitrogen and oxygen atoms in total. The number of benzene rings is 1. The summed E-state index contributed by atoms with van der Waals surface area (Å²) in [5, 5.41) is 16.2. The van der Waals surface area contributed by atoms with Gasteiger partial charge in [-0.3, -0.25) is 4.79 Å². The second-order valence-corrected chi connectivity index (χ2v) is 5.89. The molecule has 1 saturated carbocycles. The lowest BCUT2D eigenvalue weighted by Gasteiger charge is -2.25. The molecule has 120 valence electrons. The average molecular weight is 314 g/mol. The third-order valence-corrected chi connectivity index (χ3v) is 4.34. The van der Waals surface area contributed by atoms with Gasteiger partial charge in [-0.15, -0.1) is 0 Å². The monoisotopic (exact) mass is 314 g/mol. The first-order valence-electron chi connectivity index (χ1n) is 7.53. The molecule has 1 fully saturated rings. The molecule has 2 aromatic rings. The number of rotatable bonds is 4. The van der Waals surface area contributed by atoms with Crippen molar-refractivity contribution < 1.29 is 14.7 Å². The fraction of sp³-hybridized carbons (Fsp3) is 0.375. The first kappa shape index (κ1) is 15.2.